The molecule has 0 aromatic rings. The number of carbonyl (C=O) groups is 2. The maximum Gasteiger partial charge on any atom is 0.122 e. The van der Waals surface area contributed by atoms with Crippen molar-refractivity contribution in [3.63, 3.8) is 0 Å². The molecule has 0 saturated carbocycles. The first-order chi connectivity index (χ1) is 4.20. The molecular formula is C7H12O2. The van der Waals surface area contributed by atoms with Crippen molar-refractivity contribution in [2.24, 2.45) is 11.8 Å². The van der Waals surface area contributed by atoms with Crippen molar-refractivity contribution in [2.75, 3.05) is 0 Å². The van der Waals surface area contributed by atoms with Gasteiger partial charge in [0, 0.05) is 11.8 Å². The van der Waals surface area contributed by atoms with Gasteiger partial charge in [-0.3, -0.25) is 0 Å². The van der Waals surface area contributed by atoms with E-state index in [1.807, 2.05) is 13.8 Å². The highest BCUT2D eigenvalue weighted by Crippen LogP contribution is 2.05. The molecule has 0 saturated heterocycles. The minimum absolute atomic E-state index is 0.0187. The molecule has 0 fully saturated rings. The Labute approximate surface area is 55.3 Å². The maximum absolute atomic E-state index is 10.0. The molecule has 0 rings (SSSR count). The van der Waals surface area contributed by atoms with Crippen LogP contribution in [0.15, 0.2) is 0 Å². The van der Waals surface area contributed by atoms with Crippen LogP contribution in [0.2, 0.25) is 0 Å². The summed E-state index contributed by atoms with van der Waals surface area (Å²) in [6.45, 7) is 3.62. The van der Waals surface area contributed by atoms with Gasteiger partial charge in [0.25, 0.3) is 0 Å². The second-order valence-corrected chi connectivity index (χ2v) is 2.46. The van der Waals surface area contributed by atoms with Gasteiger partial charge in [0.2, 0.25) is 0 Å². The monoisotopic (exact) mass is 128 g/mol. The van der Waals surface area contributed by atoms with Gasteiger partial charge in [0.05, 0.1) is 0 Å². The van der Waals surface area contributed by atoms with Gasteiger partial charge in [-0.25, -0.2) is 0 Å². The molecule has 0 aliphatic rings. The zero-order valence-electron chi connectivity index (χ0n) is 5.83. The molecule has 0 heterocycles. The van der Waals surface area contributed by atoms with E-state index < -0.39 is 0 Å². The molecule has 0 bridgehead atoms. The molecule has 52 valence electrons. The molecule has 0 aromatic heterocycles. The van der Waals surface area contributed by atoms with Crippen LogP contribution in [0, 0.1) is 11.8 Å². The average Bonchev–Trinajstić information content (AvgIpc) is 1.87. The number of rotatable bonds is 4. The summed E-state index contributed by atoms with van der Waals surface area (Å²) in [5.74, 6) is 0.0374. The second kappa shape index (κ2) is 4.24. The summed E-state index contributed by atoms with van der Waals surface area (Å²) in [7, 11) is 0. The summed E-state index contributed by atoms with van der Waals surface area (Å²) in [6.07, 6.45) is 2.42. The fraction of sp³-hybridized carbons (Fsp3) is 0.714. The van der Waals surface area contributed by atoms with Gasteiger partial charge in [-0.15, -0.1) is 0 Å². The molecule has 0 spiro atoms. The Morgan fingerprint density at radius 1 is 1.11 bits per heavy atom. The maximum atomic E-state index is 10.0. The first kappa shape index (κ1) is 8.34. The summed E-state index contributed by atoms with van der Waals surface area (Å²) in [5, 5.41) is 0. The molecule has 0 amide bonds. The van der Waals surface area contributed by atoms with Crippen molar-refractivity contribution in [2.45, 2.75) is 20.3 Å². The van der Waals surface area contributed by atoms with Crippen LogP contribution in [0.25, 0.3) is 0 Å². The van der Waals surface area contributed by atoms with Crippen molar-refractivity contribution in [1.29, 1.82) is 0 Å². The summed E-state index contributed by atoms with van der Waals surface area (Å²) in [4.78, 5) is 20.1. The van der Waals surface area contributed by atoms with E-state index in [9.17, 15) is 9.59 Å². The minimum atomic E-state index is 0.0187. The van der Waals surface area contributed by atoms with E-state index in [0.29, 0.717) is 6.42 Å². The minimum Gasteiger partial charge on any atom is -0.303 e. The van der Waals surface area contributed by atoms with E-state index in [1.54, 1.807) is 0 Å². The topological polar surface area (TPSA) is 34.1 Å². The van der Waals surface area contributed by atoms with E-state index in [-0.39, 0.29) is 11.8 Å². The van der Waals surface area contributed by atoms with Gasteiger partial charge in [0.1, 0.15) is 12.6 Å². The van der Waals surface area contributed by atoms with Crippen molar-refractivity contribution in [1.82, 2.24) is 0 Å². The molecule has 2 nitrogen and oxygen atoms in total. The Morgan fingerprint density at radius 2 is 1.44 bits per heavy atom. The van der Waals surface area contributed by atoms with Crippen LogP contribution in [-0.4, -0.2) is 12.6 Å². The van der Waals surface area contributed by atoms with E-state index in [2.05, 4.69) is 0 Å². The van der Waals surface area contributed by atoms with E-state index >= 15 is 0 Å². The normalized spacial score (nSPS) is 16.2. The quantitative estimate of drug-likeness (QED) is 0.530. The zero-order chi connectivity index (χ0) is 7.28. The van der Waals surface area contributed by atoms with E-state index in [0.717, 1.165) is 12.6 Å². The van der Waals surface area contributed by atoms with E-state index in [1.165, 1.54) is 0 Å². The fourth-order valence-corrected chi connectivity index (χ4v) is 0.698. The summed E-state index contributed by atoms with van der Waals surface area (Å²) in [6, 6.07) is 0. The molecule has 0 aliphatic heterocycles. The van der Waals surface area contributed by atoms with Gasteiger partial charge < -0.3 is 9.59 Å². The molecular weight excluding hydrogens is 116 g/mol. The van der Waals surface area contributed by atoms with Gasteiger partial charge in [-0.1, -0.05) is 13.8 Å². The lowest BCUT2D eigenvalue weighted by molar-refractivity contribution is -0.113. The molecule has 0 unspecified atom stereocenters. The number of hydrogen-bond donors (Lipinski definition) is 0. The van der Waals surface area contributed by atoms with Crippen molar-refractivity contribution in [3.05, 3.63) is 0 Å². The number of aldehydes is 2. The lowest BCUT2D eigenvalue weighted by Crippen LogP contribution is -2.04. The highest BCUT2D eigenvalue weighted by Gasteiger charge is 2.04. The lowest BCUT2D eigenvalue weighted by Gasteiger charge is -2.03. The highest BCUT2D eigenvalue weighted by atomic mass is 16.1. The number of hydrogen-bond acceptors (Lipinski definition) is 2. The molecule has 0 aliphatic carbocycles. The molecule has 2 atom stereocenters. The van der Waals surface area contributed by atoms with Crippen molar-refractivity contribution < 1.29 is 9.59 Å². The lowest BCUT2D eigenvalue weighted by atomic mass is 10.0. The average molecular weight is 128 g/mol. The molecule has 9 heavy (non-hydrogen) atoms. The molecule has 0 radical (unpaired) electrons. The van der Waals surface area contributed by atoms with Gasteiger partial charge >= 0.3 is 0 Å². The fourth-order valence-electron chi connectivity index (χ4n) is 0.698. The smallest absolute Gasteiger partial charge is 0.122 e. The number of carbonyl (C=O) groups excluding carboxylic acids is 2. The highest BCUT2D eigenvalue weighted by molar-refractivity contribution is 5.57. The van der Waals surface area contributed by atoms with Gasteiger partial charge in [-0.2, -0.15) is 0 Å². The van der Waals surface area contributed by atoms with Crippen LogP contribution >= 0.6 is 0 Å². The second-order valence-electron chi connectivity index (χ2n) is 2.46. The molecule has 2 heteroatoms. The Balaban J connectivity index is 3.45. The van der Waals surface area contributed by atoms with Gasteiger partial charge in [0.15, 0.2) is 0 Å². The van der Waals surface area contributed by atoms with E-state index in [4.69, 9.17) is 0 Å². The summed E-state index contributed by atoms with van der Waals surface area (Å²) < 4.78 is 0. The van der Waals surface area contributed by atoms with Crippen LogP contribution in [0.3, 0.4) is 0 Å². The third kappa shape index (κ3) is 3.88. The SMILES string of the molecule is C[C@H](C=O)C[C@H](C)C=O. The summed E-state index contributed by atoms with van der Waals surface area (Å²) >= 11 is 0. The summed E-state index contributed by atoms with van der Waals surface area (Å²) in [5.41, 5.74) is 0. The Bertz CT molecular complexity index is 87.1. The van der Waals surface area contributed by atoms with Crippen LogP contribution in [0.4, 0.5) is 0 Å². The van der Waals surface area contributed by atoms with Crippen LogP contribution in [-0.2, 0) is 9.59 Å². The Morgan fingerprint density at radius 3 is 1.67 bits per heavy atom. The Hall–Kier alpha value is -0.660. The van der Waals surface area contributed by atoms with Crippen molar-refractivity contribution in [3.8, 4) is 0 Å². The third-order valence-electron chi connectivity index (χ3n) is 1.21. The largest absolute Gasteiger partial charge is 0.303 e. The van der Waals surface area contributed by atoms with Crippen LogP contribution in [0.5, 0.6) is 0 Å². The van der Waals surface area contributed by atoms with Crippen molar-refractivity contribution >= 4 is 12.6 Å². The molecule has 0 N–H and O–H groups in total. The predicted octanol–water partition coefficient (Wildman–Crippen LogP) is 1.05. The van der Waals surface area contributed by atoms with Gasteiger partial charge in [-0.05, 0) is 6.42 Å². The van der Waals surface area contributed by atoms with Crippen LogP contribution < -0.4 is 0 Å². The first-order valence-electron chi connectivity index (χ1n) is 3.11. The Kier molecular flexibility index (Phi) is 3.93. The third-order valence-corrected chi connectivity index (χ3v) is 1.21. The molecule has 0 aromatic carbocycles. The predicted molar refractivity (Wildman–Crippen MR) is 35.1 cm³/mol. The zero-order valence-corrected chi connectivity index (χ0v) is 5.83. The van der Waals surface area contributed by atoms with Crippen LogP contribution in [0.1, 0.15) is 20.3 Å². The standard InChI is InChI=1S/C7H12O2/c1-6(4-8)3-7(2)5-9/h4-7H,3H2,1-2H3/t6-,7-/m0/s1. The first-order valence-corrected chi connectivity index (χ1v) is 3.11.